The van der Waals surface area contributed by atoms with Crippen LogP contribution in [0.15, 0.2) is 29.3 Å². The first-order valence-electron chi connectivity index (χ1n) is 5.84. The maximum Gasteiger partial charge on any atom is 0.439 e. The van der Waals surface area contributed by atoms with Gasteiger partial charge in [0.05, 0.1) is 11.3 Å². The highest BCUT2D eigenvalue weighted by molar-refractivity contribution is 14.1. The van der Waals surface area contributed by atoms with E-state index in [-0.39, 0.29) is 5.69 Å². The summed E-state index contributed by atoms with van der Waals surface area (Å²) < 4.78 is 36.4. The molecule has 0 saturated heterocycles. The summed E-state index contributed by atoms with van der Waals surface area (Å²) in [5, 5.41) is 0. The molecule has 0 heterocycles. The Labute approximate surface area is 124 Å². The predicted octanol–water partition coefficient (Wildman–Crippen LogP) is 5.26. The van der Waals surface area contributed by atoms with Crippen LogP contribution in [0.3, 0.4) is 0 Å². The molecule has 1 aromatic rings. The smallest absolute Gasteiger partial charge is 0.236 e. The van der Waals surface area contributed by atoms with Crippen LogP contribution in [0.25, 0.3) is 0 Å². The summed E-state index contributed by atoms with van der Waals surface area (Å²) in [6.07, 6.45) is -1.65. The molecule has 0 aliphatic heterocycles. The fraction of sp³-hybridized carbons (Fsp3) is 0.357. The van der Waals surface area contributed by atoms with Crippen molar-refractivity contribution in [1.82, 2.24) is 0 Å². The van der Waals surface area contributed by atoms with E-state index in [4.69, 9.17) is 0 Å². The molecule has 0 amide bonds. The van der Waals surface area contributed by atoms with Gasteiger partial charge in [0.2, 0.25) is 0 Å². The Morgan fingerprint density at radius 2 is 2.00 bits per heavy atom. The number of alkyl halides is 3. The van der Waals surface area contributed by atoms with Gasteiger partial charge in [-0.2, -0.15) is 13.2 Å². The van der Waals surface area contributed by atoms with Gasteiger partial charge in [-0.05, 0) is 41.1 Å². The molecular formula is C14H13F3IN. The minimum absolute atomic E-state index is 0.258. The van der Waals surface area contributed by atoms with Crippen molar-refractivity contribution in [2.45, 2.75) is 32.4 Å². The zero-order valence-corrected chi connectivity index (χ0v) is 12.5. The summed E-state index contributed by atoms with van der Waals surface area (Å²) in [7, 11) is 0. The third-order valence-electron chi connectivity index (χ3n) is 2.23. The average Bonchev–Trinajstić information content (AvgIpc) is 2.35. The van der Waals surface area contributed by atoms with Crippen molar-refractivity contribution in [2.24, 2.45) is 4.99 Å². The lowest BCUT2D eigenvalue weighted by atomic mass is 10.1. The summed E-state index contributed by atoms with van der Waals surface area (Å²) in [5.74, 6) is 5.83. The molecule has 19 heavy (non-hydrogen) atoms. The molecule has 0 fully saturated rings. The quantitative estimate of drug-likeness (QED) is 0.294. The van der Waals surface area contributed by atoms with Crippen LogP contribution in [-0.4, -0.2) is 9.89 Å². The third-order valence-corrected chi connectivity index (χ3v) is 3.09. The molecule has 0 spiro atoms. The van der Waals surface area contributed by atoms with Crippen molar-refractivity contribution < 1.29 is 13.2 Å². The Balaban J connectivity index is 2.99. The van der Waals surface area contributed by atoms with Crippen LogP contribution < -0.4 is 0 Å². The third kappa shape index (κ3) is 5.64. The molecule has 0 unspecified atom stereocenters. The van der Waals surface area contributed by atoms with Gasteiger partial charge in [-0.15, -0.1) is 0 Å². The summed E-state index contributed by atoms with van der Waals surface area (Å²) in [6.45, 7) is 2.06. The van der Waals surface area contributed by atoms with E-state index in [1.54, 1.807) is 18.2 Å². The maximum absolute atomic E-state index is 12.4. The van der Waals surface area contributed by atoms with Gasteiger partial charge in [-0.1, -0.05) is 37.3 Å². The molecule has 102 valence electrons. The molecule has 0 radical (unpaired) electrons. The van der Waals surface area contributed by atoms with Gasteiger partial charge in [-0.25, -0.2) is 4.99 Å². The van der Waals surface area contributed by atoms with Crippen molar-refractivity contribution in [3.63, 3.8) is 0 Å². The van der Waals surface area contributed by atoms with Crippen LogP contribution in [0.2, 0.25) is 0 Å². The molecule has 5 heteroatoms. The predicted molar refractivity (Wildman–Crippen MR) is 80.0 cm³/mol. The van der Waals surface area contributed by atoms with Crippen LogP contribution in [0.4, 0.5) is 18.9 Å². The number of rotatable bonds is 3. The van der Waals surface area contributed by atoms with E-state index in [0.29, 0.717) is 5.56 Å². The SMILES string of the molecule is CCCCC#Cc1ccccc1N=C(I)C(F)(F)F. The monoisotopic (exact) mass is 379 g/mol. The molecular weight excluding hydrogens is 366 g/mol. The molecule has 0 aliphatic carbocycles. The lowest BCUT2D eigenvalue weighted by Crippen LogP contribution is -2.16. The van der Waals surface area contributed by atoms with Crippen LogP contribution in [0.1, 0.15) is 31.7 Å². The van der Waals surface area contributed by atoms with Crippen LogP contribution in [0, 0.1) is 11.8 Å². The normalized spacial score (nSPS) is 11.9. The van der Waals surface area contributed by atoms with Crippen molar-refractivity contribution in [3.8, 4) is 11.8 Å². The number of hydrogen-bond acceptors (Lipinski definition) is 1. The molecule has 1 aromatic carbocycles. The number of hydrogen-bond donors (Lipinski definition) is 0. The van der Waals surface area contributed by atoms with Crippen molar-refractivity contribution in [3.05, 3.63) is 29.8 Å². The van der Waals surface area contributed by atoms with Crippen LogP contribution in [-0.2, 0) is 0 Å². The van der Waals surface area contributed by atoms with E-state index in [1.807, 2.05) is 0 Å². The lowest BCUT2D eigenvalue weighted by Gasteiger charge is -2.04. The number of para-hydroxylation sites is 1. The van der Waals surface area contributed by atoms with E-state index in [2.05, 4.69) is 23.8 Å². The molecule has 0 N–H and O–H groups in total. The highest BCUT2D eigenvalue weighted by Crippen LogP contribution is 2.26. The Morgan fingerprint density at radius 1 is 1.32 bits per heavy atom. The lowest BCUT2D eigenvalue weighted by molar-refractivity contribution is -0.0544. The van der Waals surface area contributed by atoms with E-state index >= 15 is 0 Å². The number of nitrogens with zero attached hydrogens (tertiary/aromatic N) is 1. The van der Waals surface area contributed by atoms with Crippen LogP contribution in [0.5, 0.6) is 0 Å². The van der Waals surface area contributed by atoms with Crippen LogP contribution >= 0.6 is 22.6 Å². The largest absolute Gasteiger partial charge is 0.439 e. The Bertz CT molecular complexity index is 509. The Kier molecular flexibility index (Phi) is 6.35. The molecule has 0 aliphatic rings. The fourth-order valence-corrected chi connectivity index (χ4v) is 1.53. The maximum atomic E-state index is 12.4. The second-order valence-corrected chi connectivity index (χ2v) is 4.84. The second kappa shape index (κ2) is 7.53. The second-order valence-electron chi connectivity index (χ2n) is 3.82. The average molecular weight is 379 g/mol. The van der Waals surface area contributed by atoms with Gasteiger partial charge in [0.15, 0.2) is 3.72 Å². The van der Waals surface area contributed by atoms with Crippen molar-refractivity contribution in [2.75, 3.05) is 0 Å². The van der Waals surface area contributed by atoms with Gasteiger partial charge in [0, 0.05) is 6.42 Å². The fourth-order valence-electron chi connectivity index (χ4n) is 1.27. The zero-order valence-electron chi connectivity index (χ0n) is 10.4. The first-order chi connectivity index (χ1) is 8.95. The van der Waals surface area contributed by atoms with Gasteiger partial charge < -0.3 is 0 Å². The van der Waals surface area contributed by atoms with E-state index in [0.717, 1.165) is 19.3 Å². The minimum atomic E-state index is -4.41. The Morgan fingerprint density at radius 3 is 2.63 bits per heavy atom. The highest BCUT2D eigenvalue weighted by Gasteiger charge is 2.33. The summed E-state index contributed by atoms with van der Waals surface area (Å²) in [5.41, 5.74) is 0.783. The molecule has 0 saturated carbocycles. The van der Waals surface area contributed by atoms with Crippen molar-refractivity contribution in [1.29, 1.82) is 0 Å². The van der Waals surface area contributed by atoms with Gasteiger partial charge in [0.1, 0.15) is 0 Å². The van der Waals surface area contributed by atoms with Gasteiger partial charge in [0.25, 0.3) is 0 Å². The molecule has 0 bridgehead atoms. The summed E-state index contributed by atoms with van der Waals surface area (Å²) in [4.78, 5) is 3.60. The van der Waals surface area contributed by atoms with E-state index in [9.17, 15) is 13.2 Å². The molecule has 1 nitrogen and oxygen atoms in total. The van der Waals surface area contributed by atoms with E-state index in [1.165, 1.54) is 28.7 Å². The first kappa shape index (κ1) is 16.0. The standard InChI is InChI=1S/C14H13F3IN/c1-2-3-4-5-8-11-9-6-7-10-12(11)19-13(18)14(15,16)17/h6-7,9-10H,2-4H2,1H3. The Hall–Kier alpha value is -1.03. The molecule has 0 atom stereocenters. The summed E-state index contributed by atoms with van der Waals surface area (Å²) in [6, 6.07) is 6.60. The topological polar surface area (TPSA) is 12.4 Å². The van der Waals surface area contributed by atoms with Crippen molar-refractivity contribution >= 4 is 32.0 Å². The zero-order chi connectivity index (χ0) is 14.3. The van der Waals surface area contributed by atoms with Gasteiger partial charge in [-0.3, -0.25) is 0 Å². The number of benzene rings is 1. The summed E-state index contributed by atoms with van der Waals surface area (Å²) >= 11 is 1.20. The first-order valence-corrected chi connectivity index (χ1v) is 6.92. The molecule has 1 rings (SSSR count). The number of aliphatic imine (C=N–C) groups is 1. The highest BCUT2D eigenvalue weighted by atomic mass is 127. The van der Waals surface area contributed by atoms with E-state index < -0.39 is 9.89 Å². The van der Waals surface area contributed by atoms with Gasteiger partial charge >= 0.3 is 6.18 Å². The number of unbranched alkanes of at least 4 members (excludes halogenated alkanes) is 2. The number of halogens is 4. The minimum Gasteiger partial charge on any atom is -0.236 e. The molecule has 0 aromatic heterocycles.